The van der Waals surface area contributed by atoms with Gasteiger partial charge < -0.3 is 10.7 Å². The maximum atomic E-state index is 13.5. The Balaban J connectivity index is 2.27. The van der Waals surface area contributed by atoms with Gasteiger partial charge in [0, 0.05) is 5.69 Å². The minimum atomic E-state index is -0.357. The highest BCUT2D eigenvalue weighted by atomic mass is 19.1. The first-order chi connectivity index (χ1) is 9.51. The number of hydrazine groups is 1. The van der Waals surface area contributed by atoms with Gasteiger partial charge in [0.05, 0.1) is 11.3 Å². The molecular weight excluding hydrogens is 257 g/mol. The molecule has 0 atom stereocenters. The molecule has 0 aliphatic heterocycles. The van der Waals surface area contributed by atoms with Crippen LogP contribution < -0.4 is 16.6 Å². The number of nitrogens with one attached hydrogen (secondary N) is 2. The summed E-state index contributed by atoms with van der Waals surface area (Å²) in [6.45, 7) is 3.54. The normalized spacial score (nSPS) is 10.2. The molecule has 0 saturated heterocycles. The number of amides is 1. The number of carbonyl (C=O) groups excluding carboxylic acids is 1. The summed E-state index contributed by atoms with van der Waals surface area (Å²) in [6, 6.07) is 9.84. The lowest BCUT2D eigenvalue weighted by atomic mass is 10.1. The summed E-state index contributed by atoms with van der Waals surface area (Å²) in [7, 11) is 0. The van der Waals surface area contributed by atoms with Crippen LogP contribution in [0.25, 0.3) is 0 Å². The van der Waals surface area contributed by atoms with Crippen molar-refractivity contribution in [3.63, 3.8) is 0 Å². The van der Waals surface area contributed by atoms with E-state index in [4.69, 9.17) is 5.84 Å². The van der Waals surface area contributed by atoms with Crippen LogP contribution in [0.15, 0.2) is 36.4 Å². The van der Waals surface area contributed by atoms with Crippen LogP contribution in [0.2, 0.25) is 0 Å². The number of nitrogen functional groups attached to an aromatic ring is 1. The quantitative estimate of drug-likeness (QED) is 0.595. The Labute approximate surface area is 116 Å². The predicted molar refractivity (Wildman–Crippen MR) is 78.1 cm³/mol. The molecule has 0 unspecified atom stereocenters. The molecule has 2 rings (SSSR count). The molecule has 0 fully saturated rings. The number of aryl methyl sites for hydroxylation is 2. The van der Waals surface area contributed by atoms with Crippen molar-refractivity contribution >= 4 is 17.3 Å². The molecule has 1 amide bonds. The second-order valence-corrected chi connectivity index (χ2v) is 4.61. The van der Waals surface area contributed by atoms with Crippen molar-refractivity contribution in [2.24, 2.45) is 5.84 Å². The maximum Gasteiger partial charge on any atom is 0.257 e. The summed E-state index contributed by atoms with van der Waals surface area (Å²) in [5, 5.41) is 2.65. The van der Waals surface area contributed by atoms with Gasteiger partial charge in [-0.15, -0.1) is 0 Å². The van der Waals surface area contributed by atoms with Crippen LogP contribution in [0.3, 0.4) is 0 Å². The Bertz CT molecular complexity index is 656. The molecule has 2 aromatic rings. The summed E-state index contributed by atoms with van der Waals surface area (Å²) >= 11 is 0. The maximum absolute atomic E-state index is 13.5. The minimum absolute atomic E-state index is 0.343. The average Bonchev–Trinajstić information content (AvgIpc) is 2.43. The van der Waals surface area contributed by atoms with Crippen LogP contribution in [0.4, 0.5) is 15.8 Å². The Morgan fingerprint density at radius 2 is 1.90 bits per heavy atom. The molecule has 0 aliphatic rings. The molecule has 0 radical (unpaired) electrons. The van der Waals surface area contributed by atoms with E-state index in [0.29, 0.717) is 22.5 Å². The topological polar surface area (TPSA) is 67.1 Å². The molecule has 4 N–H and O–H groups in total. The van der Waals surface area contributed by atoms with E-state index in [-0.39, 0.29) is 11.7 Å². The average molecular weight is 273 g/mol. The Kier molecular flexibility index (Phi) is 4.00. The van der Waals surface area contributed by atoms with Crippen molar-refractivity contribution in [1.29, 1.82) is 0 Å². The molecular formula is C15H16FN3O. The number of carbonyl (C=O) groups is 1. The second kappa shape index (κ2) is 5.71. The van der Waals surface area contributed by atoms with E-state index in [1.165, 1.54) is 6.07 Å². The molecule has 0 bridgehead atoms. The lowest BCUT2D eigenvalue weighted by Crippen LogP contribution is -2.17. The fourth-order valence-electron chi connectivity index (χ4n) is 1.84. The Hall–Kier alpha value is -2.40. The Morgan fingerprint density at radius 1 is 1.15 bits per heavy atom. The number of anilines is 2. The molecule has 0 heterocycles. The summed E-state index contributed by atoms with van der Waals surface area (Å²) in [5.74, 6) is 4.69. The van der Waals surface area contributed by atoms with Crippen LogP contribution in [-0.2, 0) is 0 Å². The van der Waals surface area contributed by atoms with E-state index in [2.05, 4.69) is 10.7 Å². The van der Waals surface area contributed by atoms with Gasteiger partial charge in [0.15, 0.2) is 0 Å². The molecule has 0 aromatic heterocycles. The Morgan fingerprint density at radius 3 is 2.55 bits per heavy atom. The highest BCUT2D eigenvalue weighted by molar-refractivity contribution is 6.08. The van der Waals surface area contributed by atoms with Crippen molar-refractivity contribution in [2.45, 2.75) is 13.8 Å². The zero-order valence-electron chi connectivity index (χ0n) is 11.3. The van der Waals surface area contributed by atoms with Crippen molar-refractivity contribution in [3.8, 4) is 0 Å². The van der Waals surface area contributed by atoms with E-state index in [0.717, 1.165) is 5.56 Å². The van der Waals surface area contributed by atoms with Gasteiger partial charge in [-0.2, -0.15) is 0 Å². The van der Waals surface area contributed by atoms with Crippen molar-refractivity contribution < 1.29 is 9.18 Å². The molecule has 0 spiro atoms. The first kappa shape index (κ1) is 14.0. The van der Waals surface area contributed by atoms with Gasteiger partial charge in [0.25, 0.3) is 5.91 Å². The van der Waals surface area contributed by atoms with E-state index < -0.39 is 0 Å². The number of hydrogen-bond acceptors (Lipinski definition) is 3. The third-order valence-corrected chi connectivity index (χ3v) is 3.00. The third kappa shape index (κ3) is 2.95. The standard InChI is InChI=1S/C15H16FN3O/c1-9-3-6-14(19-17)12(7-9)15(20)18-11-5-4-10(2)13(16)8-11/h3-8,19H,17H2,1-2H3,(H,18,20). The van der Waals surface area contributed by atoms with Gasteiger partial charge in [0.2, 0.25) is 0 Å². The van der Waals surface area contributed by atoms with Gasteiger partial charge in [-0.05, 0) is 43.7 Å². The number of rotatable bonds is 3. The zero-order chi connectivity index (χ0) is 14.7. The summed E-state index contributed by atoms with van der Waals surface area (Å²) in [5.41, 5.74) is 5.27. The third-order valence-electron chi connectivity index (χ3n) is 3.00. The lowest BCUT2D eigenvalue weighted by molar-refractivity contribution is 0.102. The molecule has 20 heavy (non-hydrogen) atoms. The lowest BCUT2D eigenvalue weighted by Gasteiger charge is -2.11. The molecule has 104 valence electrons. The number of hydrogen-bond donors (Lipinski definition) is 3. The number of benzene rings is 2. The van der Waals surface area contributed by atoms with Gasteiger partial charge in [-0.1, -0.05) is 17.7 Å². The van der Waals surface area contributed by atoms with Crippen LogP contribution in [0.1, 0.15) is 21.5 Å². The van der Waals surface area contributed by atoms with Gasteiger partial charge in [-0.25, -0.2) is 4.39 Å². The SMILES string of the molecule is Cc1ccc(NN)c(C(=O)Nc2ccc(C)c(F)c2)c1. The largest absolute Gasteiger partial charge is 0.323 e. The number of halogens is 1. The summed E-state index contributed by atoms with van der Waals surface area (Å²) < 4.78 is 13.5. The number of nitrogens with two attached hydrogens (primary N) is 1. The van der Waals surface area contributed by atoms with Crippen LogP contribution in [-0.4, -0.2) is 5.91 Å². The molecule has 0 saturated carbocycles. The molecule has 4 nitrogen and oxygen atoms in total. The van der Waals surface area contributed by atoms with Crippen molar-refractivity contribution in [2.75, 3.05) is 10.7 Å². The first-order valence-electron chi connectivity index (χ1n) is 6.16. The minimum Gasteiger partial charge on any atom is -0.323 e. The van der Waals surface area contributed by atoms with E-state index in [1.54, 1.807) is 31.2 Å². The van der Waals surface area contributed by atoms with Gasteiger partial charge in [-0.3, -0.25) is 10.6 Å². The van der Waals surface area contributed by atoms with Crippen LogP contribution >= 0.6 is 0 Å². The fourth-order valence-corrected chi connectivity index (χ4v) is 1.84. The van der Waals surface area contributed by atoms with Crippen molar-refractivity contribution in [1.82, 2.24) is 0 Å². The molecule has 0 aliphatic carbocycles. The van der Waals surface area contributed by atoms with Crippen LogP contribution in [0.5, 0.6) is 0 Å². The summed E-state index contributed by atoms with van der Waals surface area (Å²) in [4.78, 5) is 12.2. The van der Waals surface area contributed by atoms with Crippen LogP contribution in [0, 0.1) is 19.7 Å². The van der Waals surface area contributed by atoms with E-state index in [1.807, 2.05) is 13.0 Å². The predicted octanol–water partition coefficient (Wildman–Crippen LogP) is 2.98. The second-order valence-electron chi connectivity index (χ2n) is 4.61. The van der Waals surface area contributed by atoms with Gasteiger partial charge in [0.1, 0.15) is 5.82 Å². The highest BCUT2D eigenvalue weighted by Gasteiger charge is 2.12. The first-order valence-corrected chi connectivity index (χ1v) is 6.16. The van der Waals surface area contributed by atoms with E-state index >= 15 is 0 Å². The highest BCUT2D eigenvalue weighted by Crippen LogP contribution is 2.19. The summed E-state index contributed by atoms with van der Waals surface area (Å²) in [6.07, 6.45) is 0. The van der Waals surface area contributed by atoms with Crippen molar-refractivity contribution in [3.05, 3.63) is 58.9 Å². The molecule has 5 heteroatoms. The molecule has 2 aromatic carbocycles. The smallest absolute Gasteiger partial charge is 0.257 e. The van der Waals surface area contributed by atoms with E-state index in [9.17, 15) is 9.18 Å². The van der Waals surface area contributed by atoms with Gasteiger partial charge >= 0.3 is 0 Å². The fraction of sp³-hybridized carbons (Fsp3) is 0.133. The monoisotopic (exact) mass is 273 g/mol. The zero-order valence-corrected chi connectivity index (χ0v) is 11.3.